The maximum atomic E-state index is 12.3. The van der Waals surface area contributed by atoms with Gasteiger partial charge in [-0.25, -0.2) is 4.98 Å². The normalized spacial score (nSPS) is 13.9. The third kappa shape index (κ3) is 9.39. The van der Waals surface area contributed by atoms with Gasteiger partial charge >= 0.3 is 6.18 Å². The lowest BCUT2D eigenvalue weighted by Crippen LogP contribution is -2.09. The van der Waals surface area contributed by atoms with Gasteiger partial charge in [0, 0.05) is 43.5 Å². The number of aryl methyl sites for hydroxylation is 1. The average Bonchev–Trinajstić information content (AvgIpc) is 3.02. The molecule has 1 N–H and O–H groups in total. The van der Waals surface area contributed by atoms with Crippen LogP contribution in [0.15, 0.2) is 70.1 Å². The predicted molar refractivity (Wildman–Crippen MR) is 102 cm³/mol. The van der Waals surface area contributed by atoms with Gasteiger partial charge in [-0.2, -0.15) is 18.3 Å². The van der Waals surface area contributed by atoms with E-state index in [4.69, 9.17) is 4.42 Å². The molecule has 0 bridgehead atoms. The number of alkyl halides is 3. The number of aliphatic imine (C=N–C) groups is 1. The molecule has 0 atom stereocenters. The van der Waals surface area contributed by atoms with Gasteiger partial charge in [0.05, 0.1) is 11.9 Å². The monoisotopic (exact) mass is 380 g/mol. The van der Waals surface area contributed by atoms with E-state index in [1.807, 2.05) is 6.08 Å². The van der Waals surface area contributed by atoms with Crippen molar-refractivity contribution >= 4 is 11.4 Å². The van der Waals surface area contributed by atoms with Crippen molar-refractivity contribution in [1.29, 1.82) is 0 Å². The van der Waals surface area contributed by atoms with Gasteiger partial charge in [-0.3, -0.25) is 10.4 Å². The van der Waals surface area contributed by atoms with Crippen LogP contribution < -0.4 is 5.43 Å². The molecule has 8 heteroatoms. The fraction of sp³-hybridized carbons (Fsp3) is 0.316. The van der Waals surface area contributed by atoms with Crippen molar-refractivity contribution in [2.45, 2.75) is 39.3 Å². The molecule has 5 nitrogen and oxygen atoms in total. The Labute approximate surface area is 156 Å². The number of hydrogen-bond donors (Lipinski definition) is 1. The first-order chi connectivity index (χ1) is 12.7. The topological polar surface area (TPSA) is 62.8 Å². The van der Waals surface area contributed by atoms with E-state index in [9.17, 15) is 13.2 Å². The molecule has 1 aromatic rings. The van der Waals surface area contributed by atoms with Crippen LogP contribution in [0.5, 0.6) is 0 Å². The zero-order chi connectivity index (χ0) is 20.3. The molecular weight excluding hydrogens is 357 g/mol. The number of nitrogens with one attached hydrogen (secondary N) is 1. The largest absolute Gasteiger partial charge is 0.446 e. The van der Waals surface area contributed by atoms with Gasteiger partial charge in [-0.1, -0.05) is 25.3 Å². The number of halogens is 3. The second-order valence-corrected chi connectivity index (χ2v) is 5.55. The Morgan fingerprint density at radius 3 is 2.67 bits per heavy atom. The van der Waals surface area contributed by atoms with Crippen LogP contribution in [0, 0.1) is 6.92 Å². The van der Waals surface area contributed by atoms with Crippen molar-refractivity contribution in [1.82, 2.24) is 10.4 Å². The summed E-state index contributed by atoms with van der Waals surface area (Å²) in [5, 5.41) is 4.14. The number of oxazole rings is 1. The molecule has 0 aliphatic rings. The van der Waals surface area contributed by atoms with Crippen LogP contribution in [0.25, 0.3) is 0 Å². The number of hydrogen-bond acceptors (Lipinski definition) is 5. The summed E-state index contributed by atoms with van der Waals surface area (Å²) in [6.07, 6.45) is 4.76. The zero-order valence-corrected chi connectivity index (χ0v) is 15.4. The van der Waals surface area contributed by atoms with Gasteiger partial charge in [0.2, 0.25) is 0 Å². The first kappa shape index (κ1) is 22.1. The summed E-state index contributed by atoms with van der Waals surface area (Å²) in [4.78, 5) is 8.10. The van der Waals surface area contributed by atoms with E-state index in [2.05, 4.69) is 33.7 Å². The molecule has 0 unspecified atom stereocenters. The van der Waals surface area contributed by atoms with Crippen molar-refractivity contribution in [3.63, 3.8) is 0 Å². The minimum absolute atomic E-state index is 0.164. The Morgan fingerprint density at radius 1 is 1.37 bits per heavy atom. The van der Waals surface area contributed by atoms with Crippen LogP contribution in [-0.2, 0) is 6.42 Å². The van der Waals surface area contributed by atoms with Crippen LogP contribution >= 0.6 is 0 Å². The summed E-state index contributed by atoms with van der Waals surface area (Å²) in [5.41, 5.74) is 4.03. The fourth-order valence-corrected chi connectivity index (χ4v) is 1.89. The van der Waals surface area contributed by atoms with Gasteiger partial charge in [-0.15, -0.1) is 0 Å². The Balaban J connectivity index is 2.90. The Morgan fingerprint density at radius 2 is 2.11 bits per heavy atom. The molecule has 0 spiro atoms. The molecule has 1 heterocycles. The molecule has 27 heavy (non-hydrogen) atoms. The van der Waals surface area contributed by atoms with Crippen molar-refractivity contribution < 1.29 is 17.6 Å². The SMILES string of the molecule is C=CN/N=C(\C=C/Cc1cnc(C)o1)C(/C=C)=C/N=C(C)CCC(F)(F)F. The Hall–Kier alpha value is -2.90. The second kappa shape index (κ2) is 10.9. The molecule has 0 aliphatic carbocycles. The van der Waals surface area contributed by atoms with E-state index in [-0.39, 0.29) is 6.42 Å². The molecule has 146 valence electrons. The smallest absolute Gasteiger partial charge is 0.389 e. The highest BCUT2D eigenvalue weighted by molar-refractivity contribution is 6.10. The highest BCUT2D eigenvalue weighted by atomic mass is 19.4. The lowest BCUT2D eigenvalue weighted by molar-refractivity contribution is -0.132. The van der Waals surface area contributed by atoms with E-state index in [1.54, 1.807) is 26.1 Å². The van der Waals surface area contributed by atoms with Crippen molar-refractivity contribution in [3.05, 3.63) is 67.2 Å². The first-order valence-corrected chi connectivity index (χ1v) is 8.20. The second-order valence-electron chi connectivity index (χ2n) is 5.55. The number of nitrogens with zero attached hydrogens (tertiary/aromatic N) is 3. The van der Waals surface area contributed by atoms with Crippen LogP contribution in [0.1, 0.15) is 31.4 Å². The molecular formula is C19H23F3N4O. The van der Waals surface area contributed by atoms with Crippen LogP contribution in [0.3, 0.4) is 0 Å². The number of rotatable bonds is 10. The molecule has 0 radical (unpaired) electrons. The first-order valence-electron chi connectivity index (χ1n) is 8.20. The van der Waals surface area contributed by atoms with Gasteiger partial charge in [0.1, 0.15) is 5.76 Å². The molecule has 0 fully saturated rings. The Bertz CT molecular complexity index is 755. The summed E-state index contributed by atoms with van der Waals surface area (Å²) in [6, 6.07) is 0. The van der Waals surface area contributed by atoms with Gasteiger partial charge < -0.3 is 4.42 Å². The standard InChI is InChI=1S/C19H23F3N4O/c1-5-16(12-23-14(3)10-11-19(20,21)22)18(26-25-6-2)9-7-8-17-13-24-15(4)27-17/h5-7,9,12-13,25H,1-2,8,10-11H2,3-4H3/b9-7-,16-12+,23-14?,26-18+. The van der Waals surface area contributed by atoms with Crippen LogP contribution in [0.2, 0.25) is 0 Å². The lowest BCUT2D eigenvalue weighted by Gasteiger charge is -2.05. The summed E-state index contributed by atoms with van der Waals surface area (Å²) in [7, 11) is 0. The summed E-state index contributed by atoms with van der Waals surface area (Å²) >= 11 is 0. The van der Waals surface area contributed by atoms with Gasteiger partial charge in [0.25, 0.3) is 0 Å². The highest BCUT2D eigenvalue weighted by Gasteiger charge is 2.26. The van der Waals surface area contributed by atoms with E-state index >= 15 is 0 Å². The van der Waals surface area contributed by atoms with Crippen molar-refractivity contribution in [2.24, 2.45) is 10.1 Å². The van der Waals surface area contributed by atoms with Gasteiger partial charge in [0.15, 0.2) is 5.89 Å². The summed E-state index contributed by atoms with van der Waals surface area (Å²) < 4.78 is 42.2. The molecule has 0 aromatic carbocycles. The fourth-order valence-electron chi connectivity index (χ4n) is 1.89. The molecule has 0 saturated heterocycles. The van der Waals surface area contributed by atoms with Gasteiger partial charge in [-0.05, 0) is 19.4 Å². The van der Waals surface area contributed by atoms with Crippen molar-refractivity contribution in [2.75, 3.05) is 0 Å². The third-order valence-electron chi connectivity index (χ3n) is 3.25. The molecule has 0 aliphatic heterocycles. The molecule has 0 saturated carbocycles. The number of aromatic nitrogens is 1. The van der Waals surface area contributed by atoms with E-state index in [0.717, 1.165) is 0 Å². The number of allylic oxidation sites excluding steroid dienone is 4. The molecule has 1 aromatic heterocycles. The van der Waals surface area contributed by atoms with E-state index in [1.165, 1.54) is 18.5 Å². The maximum Gasteiger partial charge on any atom is 0.389 e. The highest BCUT2D eigenvalue weighted by Crippen LogP contribution is 2.21. The van der Waals surface area contributed by atoms with Crippen LogP contribution in [0.4, 0.5) is 13.2 Å². The molecule has 1 rings (SSSR count). The molecule has 0 amide bonds. The van der Waals surface area contributed by atoms with Crippen molar-refractivity contribution in [3.8, 4) is 0 Å². The zero-order valence-electron chi connectivity index (χ0n) is 15.4. The summed E-state index contributed by atoms with van der Waals surface area (Å²) in [6.45, 7) is 10.5. The van der Waals surface area contributed by atoms with Crippen LogP contribution in [-0.4, -0.2) is 22.6 Å². The lowest BCUT2D eigenvalue weighted by atomic mass is 10.1. The summed E-state index contributed by atoms with van der Waals surface area (Å²) in [5.74, 6) is 1.28. The maximum absolute atomic E-state index is 12.3. The Kier molecular flexibility index (Phi) is 8.98. The van der Waals surface area contributed by atoms with E-state index in [0.29, 0.717) is 35.1 Å². The number of hydrazone groups is 1. The minimum atomic E-state index is -4.20. The van der Waals surface area contributed by atoms with E-state index < -0.39 is 12.6 Å². The predicted octanol–water partition coefficient (Wildman–Crippen LogP) is 5.04. The third-order valence-corrected chi connectivity index (χ3v) is 3.25. The average molecular weight is 380 g/mol. The minimum Gasteiger partial charge on any atom is -0.446 e. The quantitative estimate of drug-likeness (QED) is 0.351.